The fraction of sp³-hybridized carbons (Fsp3) is 0.450. The Bertz CT molecular complexity index is 1210. The number of ether oxygens (including phenoxy) is 1. The number of allylic oxidation sites excluding steroid dienone is 21. The fourth-order valence-electron chi connectivity index (χ4n) is 5.96. The molecule has 0 saturated carbocycles. The minimum atomic E-state index is 0.140. The molecule has 0 aromatic heterocycles. The van der Waals surface area contributed by atoms with Gasteiger partial charge in [0.25, 0.3) is 0 Å². The van der Waals surface area contributed by atoms with Crippen molar-refractivity contribution in [1.29, 1.82) is 0 Å². The van der Waals surface area contributed by atoms with Crippen LogP contribution in [0.5, 0.6) is 0 Å². The SMILES string of the molecule is CO[C@@H]1CC(C)=C(/C=C/C(C)=C/C=C/C(C)=C/C=C/C=C(C)/C=C/C=C/C=C/[C@H]2C(C)=CCCC2(C)C)C(C)(C)C1. The van der Waals surface area contributed by atoms with Gasteiger partial charge in [-0.3, -0.25) is 0 Å². The molecule has 2 atom stereocenters. The van der Waals surface area contributed by atoms with Crippen molar-refractivity contribution >= 4 is 0 Å². The van der Waals surface area contributed by atoms with Crippen LogP contribution in [0.3, 0.4) is 0 Å². The largest absolute Gasteiger partial charge is 0.381 e. The second-order valence-electron chi connectivity index (χ2n) is 13.2. The second kappa shape index (κ2) is 16.5. The summed E-state index contributed by atoms with van der Waals surface area (Å²) in [5.74, 6) is 0.533. The second-order valence-corrected chi connectivity index (χ2v) is 13.2. The molecule has 0 spiro atoms. The van der Waals surface area contributed by atoms with Gasteiger partial charge in [-0.1, -0.05) is 153 Å². The minimum absolute atomic E-state index is 0.140. The molecule has 0 fully saturated rings. The van der Waals surface area contributed by atoms with Gasteiger partial charge in [0.1, 0.15) is 0 Å². The highest BCUT2D eigenvalue weighted by atomic mass is 16.5. The molecule has 2 aliphatic carbocycles. The van der Waals surface area contributed by atoms with Crippen molar-refractivity contribution in [2.75, 3.05) is 7.11 Å². The first-order chi connectivity index (χ1) is 19.4. The molecule has 0 bridgehead atoms. The first-order valence-electron chi connectivity index (χ1n) is 15.3. The van der Waals surface area contributed by atoms with E-state index in [4.69, 9.17) is 4.74 Å². The molecule has 0 aromatic carbocycles. The van der Waals surface area contributed by atoms with Gasteiger partial charge in [-0.25, -0.2) is 0 Å². The minimum Gasteiger partial charge on any atom is -0.381 e. The van der Waals surface area contributed by atoms with E-state index in [9.17, 15) is 0 Å². The van der Waals surface area contributed by atoms with Crippen molar-refractivity contribution in [3.8, 4) is 0 Å². The normalized spacial score (nSPS) is 24.8. The van der Waals surface area contributed by atoms with Crippen molar-refractivity contribution < 1.29 is 4.74 Å². The quantitative estimate of drug-likeness (QED) is 0.183. The van der Waals surface area contributed by atoms with E-state index in [1.54, 1.807) is 0 Å². The molecule has 0 radical (unpaired) electrons. The highest BCUT2D eigenvalue weighted by Crippen LogP contribution is 2.42. The van der Waals surface area contributed by atoms with Gasteiger partial charge in [0.2, 0.25) is 0 Å². The predicted octanol–water partition coefficient (Wildman–Crippen LogP) is 11.7. The number of rotatable bonds is 11. The van der Waals surface area contributed by atoms with Crippen LogP contribution in [0.2, 0.25) is 0 Å². The molecule has 1 heteroatoms. The first kappa shape index (κ1) is 34.3. The first-order valence-corrected chi connectivity index (χ1v) is 15.3. The third-order valence-electron chi connectivity index (χ3n) is 8.44. The summed E-state index contributed by atoms with van der Waals surface area (Å²) in [6.07, 6.45) is 39.8. The van der Waals surface area contributed by atoms with Gasteiger partial charge in [-0.05, 0) is 76.7 Å². The molecule has 0 amide bonds. The Hall–Kier alpha value is -2.90. The summed E-state index contributed by atoms with van der Waals surface area (Å²) in [6, 6.07) is 0. The fourth-order valence-corrected chi connectivity index (χ4v) is 5.96. The van der Waals surface area contributed by atoms with Crippen LogP contribution < -0.4 is 0 Å². The summed E-state index contributed by atoms with van der Waals surface area (Å²) >= 11 is 0. The molecule has 0 aliphatic heterocycles. The molecular weight excluding hydrogens is 496 g/mol. The van der Waals surface area contributed by atoms with Gasteiger partial charge in [0.05, 0.1) is 6.10 Å². The number of methoxy groups -OCH3 is 1. The van der Waals surface area contributed by atoms with Crippen LogP contribution >= 0.6 is 0 Å². The molecule has 0 aromatic rings. The maximum absolute atomic E-state index is 5.64. The molecule has 41 heavy (non-hydrogen) atoms. The van der Waals surface area contributed by atoms with E-state index < -0.39 is 0 Å². The maximum atomic E-state index is 5.64. The van der Waals surface area contributed by atoms with E-state index in [1.807, 2.05) is 7.11 Å². The van der Waals surface area contributed by atoms with E-state index in [2.05, 4.69) is 160 Å². The zero-order valence-corrected chi connectivity index (χ0v) is 27.6. The van der Waals surface area contributed by atoms with E-state index in [1.165, 1.54) is 46.3 Å². The average molecular weight is 553 g/mol. The Labute approximate surface area is 252 Å². The van der Waals surface area contributed by atoms with Gasteiger partial charge in [0.15, 0.2) is 0 Å². The molecule has 1 nitrogen and oxygen atoms in total. The van der Waals surface area contributed by atoms with Crippen molar-refractivity contribution in [3.05, 3.63) is 131 Å². The summed E-state index contributed by atoms with van der Waals surface area (Å²) in [5, 5.41) is 0. The molecule has 0 N–H and O–H groups in total. The van der Waals surface area contributed by atoms with Crippen LogP contribution in [0.4, 0.5) is 0 Å². The highest BCUT2D eigenvalue weighted by Gasteiger charge is 2.32. The lowest BCUT2D eigenvalue weighted by molar-refractivity contribution is 0.0627. The lowest BCUT2D eigenvalue weighted by atomic mass is 9.68. The third kappa shape index (κ3) is 11.9. The molecule has 2 aliphatic rings. The predicted molar refractivity (Wildman–Crippen MR) is 183 cm³/mol. The summed E-state index contributed by atoms with van der Waals surface area (Å²) in [7, 11) is 1.83. The maximum Gasteiger partial charge on any atom is 0.0616 e. The number of hydrogen-bond donors (Lipinski definition) is 0. The Balaban J connectivity index is 1.85. The molecule has 222 valence electrons. The van der Waals surface area contributed by atoms with E-state index in [0.29, 0.717) is 17.4 Å². The van der Waals surface area contributed by atoms with Crippen LogP contribution in [-0.2, 0) is 4.74 Å². The van der Waals surface area contributed by atoms with Crippen LogP contribution in [0.25, 0.3) is 0 Å². The lowest BCUT2D eigenvalue weighted by Gasteiger charge is -2.37. The van der Waals surface area contributed by atoms with E-state index in [-0.39, 0.29) is 5.41 Å². The zero-order valence-electron chi connectivity index (χ0n) is 27.6. The molecule has 0 saturated heterocycles. The van der Waals surface area contributed by atoms with Gasteiger partial charge < -0.3 is 4.74 Å². The topological polar surface area (TPSA) is 9.23 Å². The summed E-state index contributed by atoms with van der Waals surface area (Å²) in [5.41, 5.74) is 8.55. The Morgan fingerprint density at radius 1 is 0.780 bits per heavy atom. The van der Waals surface area contributed by atoms with Crippen molar-refractivity contribution in [1.82, 2.24) is 0 Å². The molecule has 0 heterocycles. The molecule has 0 unspecified atom stereocenters. The highest BCUT2D eigenvalue weighted by molar-refractivity contribution is 5.38. The van der Waals surface area contributed by atoms with Crippen molar-refractivity contribution in [2.24, 2.45) is 16.7 Å². The van der Waals surface area contributed by atoms with Crippen LogP contribution in [0.15, 0.2) is 131 Å². The van der Waals surface area contributed by atoms with Crippen LogP contribution in [0.1, 0.15) is 88.0 Å². The average Bonchev–Trinajstić information content (AvgIpc) is 2.88. The summed E-state index contributed by atoms with van der Waals surface area (Å²) < 4.78 is 5.64. The van der Waals surface area contributed by atoms with Gasteiger partial charge >= 0.3 is 0 Å². The zero-order chi connectivity index (χ0) is 30.5. The van der Waals surface area contributed by atoms with Gasteiger partial charge in [-0.2, -0.15) is 0 Å². The van der Waals surface area contributed by atoms with E-state index in [0.717, 1.165) is 12.8 Å². The molecule has 2 rings (SSSR count). The lowest BCUT2D eigenvalue weighted by Crippen LogP contribution is -2.29. The van der Waals surface area contributed by atoms with E-state index >= 15 is 0 Å². The standard InChI is InChI=1S/C40H56O/c1-31(19-13-11-12-14-25-37-34(4)24-18-28-39(37,6)7)20-15-16-21-32(2)22-17-23-33(3)26-27-38-35(5)29-36(41-10)30-40(38,8)9/h11-17,19-27,36-37H,18,28-30H2,1-10H3/b12-11+,16-15+,19-13+,22-17+,25-14+,27-26+,31-20+,32-21+,33-23+/t36-,37+/m1/s1. The van der Waals surface area contributed by atoms with Crippen molar-refractivity contribution in [2.45, 2.75) is 94.1 Å². The summed E-state index contributed by atoms with van der Waals surface area (Å²) in [6.45, 7) is 20.3. The Morgan fingerprint density at radius 2 is 1.37 bits per heavy atom. The van der Waals surface area contributed by atoms with Gasteiger partial charge in [0, 0.05) is 13.0 Å². The monoisotopic (exact) mass is 552 g/mol. The van der Waals surface area contributed by atoms with Gasteiger partial charge in [-0.15, -0.1) is 0 Å². The molecular formula is C40H56O. The Kier molecular flexibility index (Phi) is 13.8. The third-order valence-corrected chi connectivity index (χ3v) is 8.44. The Morgan fingerprint density at radius 3 is 1.98 bits per heavy atom. The smallest absolute Gasteiger partial charge is 0.0616 e. The van der Waals surface area contributed by atoms with Crippen LogP contribution in [0, 0.1) is 16.7 Å². The van der Waals surface area contributed by atoms with Crippen LogP contribution in [-0.4, -0.2) is 13.2 Å². The number of hydrogen-bond acceptors (Lipinski definition) is 1. The summed E-state index contributed by atoms with van der Waals surface area (Å²) in [4.78, 5) is 0. The van der Waals surface area contributed by atoms with Crippen molar-refractivity contribution in [3.63, 3.8) is 0 Å².